The van der Waals surface area contributed by atoms with Crippen LogP contribution in [0.25, 0.3) is 0 Å². The van der Waals surface area contributed by atoms with Crippen molar-refractivity contribution in [2.24, 2.45) is 0 Å². The second kappa shape index (κ2) is 14.6. The average molecular weight is 655 g/mol. The van der Waals surface area contributed by atoms with Gasteiger partial charge in [-0.25, -0.2) is 8.42 Å². The largest absolute Gasteiger partial charge is 0.497 e. The Morgan fingerprint density at radius 3 is 2.16 bits per heavy atom. The fraction of sp³-hybridized carbons (Fsp3) is 0.212. The minimum absolute atomic E-state index is 0.0221. The van der Waals surface area contributed by atoms with Crippen LogP contribution >= 0.6 is 23.2 Å². The SMILES string of the molecule is CNC(=O)C(Cc1ccccc1)N(Cc1ccc(Cl)cc1Cl)C(=O)CN(c1ccc(C)cc1)S(=O)(=O)c1ccc(OC)cc1. The van der Waals surface area contributed by atoms with Gasteiger partial charge in [-0.1, -0.05) is 77.3 Å². The van der Waals surface area contributed by atoms with E-state index in [1.807, 2.05) is 37.3 Å². The Labute approximate surface area is 268 Å². The lowest BCUT2D eigenvalue weighted by atomic mass is 10.0. The van der Waals surface area contributed by atoms with Crippen LogP contribution in [0.3, 0.4) is 0 Å². The summed E-state index contributed by atoms with van der Waals surface area (Å²) in [6, 6.07) is 25.9. The number of rotatable bonds is 12. The van der Waals surface area contributed by atoms with Gasteiger partial charge in [-0.15, -0.1) is 0 Å². The molecule has 0 bridgehead atoms. The first kappa shape index (κ1) is 32.9. The van der Waals surface area contributed by atoms with E-state index in [1.54, 1.807) is 54.6 Å². The van der Waals surface area contributed by atoms with Crippen molar-refractivity contribution in [3.8, 4) is 5.75 Å². The predicted molar refractivity (Wildman–Crippen MR) is 174 cm³/mol. The summed E-state index contributed by atoms with van der Waals surface area (Å²) in [6.45, 7) is 1.24. The number of carbonyl (C=O) groups excluding carboxylic acids is 2. The van der Waals surface area contributed by atoms with E-state index in [0.29, 0.717) is 27.0 Å². The summed E-state index contributed by atoms with van der Waals surface area (Å²) in [5.74, 6) is -0.521. The zero-order chi connectivity index (χ0) is 31.9. The molecule has 1 N–H and O–H groups in total. The van der Waals surface area contributed by atoms with Gasteiger partial charge in [0.2, 0.25) is 11.8 Å². The normalized spacial score (nSPS) is 11.8. The second-order valence-corrected chi connectivity index (χ2v) is 12.8. The van der Waals surface area contributed by atoms with Gasteiger partial charge in [0.05, 0.1) is 17.7 Å². The summed E-state index contributed by atoms with van der Waals surface area (Å²) in [7, 11) is -1.25. The van der Waals surface area contributed by atoms with Crippen molar-refractivity contribution in [1.29, 1.82) is 0 Å². The third kappa shape index (κ3) is 7.91. The molecule has 0 aliphatic carbocycles. The van der Waals surface area contributed by atoms with Gasteiger partial charge in [0.1, 0.15) is 18.3 Å². The highest BCUT2D eigenvalue weighted by Crippen LogP contribution is 2.28. The Kier molecular flexibility index (Phi) is 10.9. The molecule has 11 heteroatoms. The first-order valence-electron chi connectivity index (χ1n) is 13.8. The Balaban J connectivity index is 1.80. The molecule has 4 aromatic rings. The number of aryl methyl sites for hydroxylation is 1. The monoisotopic (exact) mass is 653 g/mol. The van der Waals surface area contributed by atoms with Gasteiger partial charge in [0, 0.05) is 30.1 Å². The molecular formula is C33H33Cl2N3O5S. The van der Waals surface area contributed by atoms with E-state index in [2.05, 4.69) is 5.32 Å². The predicted octanol–water partition coefficient (Wildman–Crippen LogP) is 5.89. The molecule has 4 aromatic carbocycles. The lowest BCUT2D eigenvalue weighted by molar-refractivity contribution is -0.139. The lowest BCUT2D eigenvalue weighted by Gasteiger charge is -2.33. The molecule has 0 fully saturated rings. The molecule has 0 aromatic heterocycles. The molecule has 0 spiro atoms. The number of carbonyl (C=O) groups is 2. The molecule has 0 radical (unpaired) electrons. The van der Waals surface area contributed by atoms with Crippen LogP contribution < -0.4 is 14.4 Å². The number of halogens is 2. The number of methoxy groups -OCH3 is 1. The van der Waals surface area contributed by atoms with Crippen LogP contribution in [-0.2, 0) is 32.6 Å². The Hall–Kier alpha value is -4.05. The number of nitrogens with one attached hydrogen (secondary N) is 1. The number of nitrogens with zero attached hydrogens (tertiary/aromatic N) is 2. The van der Waals surface area contributed by atoms with Crippen molar-refractivity contribution in [3.63, 3.8) is 0 Å². The molecule has 0 saturated carbocycles. The van der Waals surface area contributed by atoms with Crippen LogP contribution in [0.1, 0.15) is 16.7 Å². The fourth-order valence-electron chi connectivity index (χ4n) is 4.67. The molecular weight excluding hydrogens is 621 g/mol. The number of sulfonamides is 1. The zero-order valence-electron chi connectivity index (χ0n) is 24.5. The van der Waals surface area contributed by atoms with Gasteiger partial charge in [0.25, 0.3) is 10.0 Å². The van der Waals surface area contributed by atoms with Gasteiger partial charge in [-0.05, 0) is 66.6 Å². The van der Waals surface area contributed by atoms with E-state index < -0.39 is 34.4 Å². The van der Waals surface area contributed by atoms with Gasteiger partial charge in [-0.2, -0.15) is 0 Å². The quantitative estimate of drug-likeness (QED) is 0.206. The van der Waals surface area contributed by atoms with E-state index in [9.17, 15) is 18.0 Å². The lowest BCUT2D eigenvalue weighted by Crippen LogP contribution is -2.53. The second-order valence-electron chi connectivity index (χ2n) is 10.1. The molecule has 44 heavy (non-hydrogen) atoms. The van der Waals surface area contributed by atoms with Crippen LogP contribution in [-0.4, -0.2) is 51.9 Å². The van der Waals surface area contributed by atoms with Crippen LogP contribution in [0.5, 0.6) is 5.75 Å². The number of benzene rings is 4. The molecule has 0 heterocycles. The maximum absolute atomic E-state index is 14.4. The Bertz CT molecular complexity index is 1700. The van der Waals surface area contributed by atoms with Gasteiger partial charge in [-0.3, -0.25) is 13.9 Å². The third-order valence-corrected chi connectivity index (χ3v) is 9.50. The van der Waals surface area contributed by atoms with Crippen LogP contribution in [0.4, 0.5) is 5.69 Å². The van der Waals surface area contributed by atoms with Crippen molar-refractivity contribution in [2.45, 2.75) is 30.8 Å². The molecule has 4 rings (SSSR count). The number of likely N-dealkylation sites (N-methyl/N-ethyl adjacent to an activating group) is 1. The number of anilines is 1. The number of hydrogen-bond donors (Lipinski definition) is 1. The smallest absolute Gasteiger partial charge is 0.264 e. The average Bonchev–Trinajstić information content (AvgIpc) is 3.03. The van der Waals surface area contributed by atoms with Crippen molar-refractivity contribution in [1.82, 2.24) is 10.2 Å². The van der Waals surface area contributed by atoms with E-state index in [4.69, 9.17) is 27.9 Å². The molecule has 0 saturated heterocycles. The minimum Gasteiger partial charge on any atom is -0.497 e. The van der Waals surface area contributed by atoms with Crippen LogP contribution in [0, 0.1) is 6.92 Å². The molecule has 8 nitrogen and oxygen atoms in total. The summed E-state index contributed by atoms with van der Waals surface area (Å²) in [5, 5.41) is 3.39. The highest BCUT2D eigenvalue weighted by Gasteiger charge is 2.34. The van der Waals surface area contributed by atoms with E-state index in [1.165, 1.54) is 31.2 Å². The maximum atomic E-state index is 14.4. The van der Waals surface area contributed by atoms with Crippen molar-refractivity contribution < 1.29 is 22.7 Å². The molecule has 230 valence electrons. The molecule has 0 aliphatic heterocycles. The molecule has 2 amide bonds. The first-order chi connectivity index (χ1) is 21.0. The summed E-state index contributed by atoms with van der Waals surface area (Å²) in [6.07, 6.45) is 0.188. The van der Waals surface area contributed by atoms with Crippen molar-refractivity contribution in [3.05, 3.63) is 124 Å². The number of amides is 2. The Morgan fingerprint density at radius 2 is 1.57 bits per heavy atom. The summed E-state index contributed by atoms with van der Waals surface area (Å²) in [4.78, 5) is 29.1. The van der Waals surface area contributed by atoms with Gasteiger partial charge >= 0.3 is 0 Å². The van der Waals surface area contributed by atoms with E-state index in [-0.39, 0.29) is 17.9 Å². The minimum atomic E-state index is -4.23. The van der Waals surface area contributed by atoms with Crippen molar-refractivity contribution >= 4 is 50.7 Å². The standard InChI is InChI=1S/C33H33Cl2N3O5S/c1-23-9-13-27(14-10-23)38(44(41,42)29-17-15-28(43-3)16-18-29)22-32(39)37(21-25-11-12-26(34)20-30(25)35)31(33(40)36-2)19-24-7-5-4-6-8-24/h4-18,20,31H,19,21-22H2,1-3H3,(H,36,40). The topological polar surface area (TPSA) is 96.0 Å². The van der Waals surface area contributed by atoms with E-state index >= 15 is 0 Å². The fourth-order valence-corrected chi connectivity index (χ4v) is 6.55. The summed E-state index contributed by atoms with van der Waals surface area (Å²) >= 11 is 12.6. The van der Waals surface area contributed by atoms with Crippen LogP contribution in [0.15, 0.2) is 102 Å². The summed E-state index contributed by atoms with van der Waals surface area (Å²) < 4.78 is 34.4. The van der Waals surface area contributed by atoms with E-state index in [0.717, 1.165) is 15.4 Å². The number of hydrogen-bond acceptors (Lipinski definition) is 5. The molecule has 1 atom stereocenters. The Morgan fingerprint density at radius 1 is 0.909 bits per heavy atom. The number of ether oxygens (including phenoxy) is 1. The first-order valence-corrected chi connectivity index (χ1v) is 16.0. The third-order valence-electron chi connectivity index (χ3n) is 7.12. The molecule has 0 aliphatic rings. The summed E-state index contributed by atoms with van der Waals surface area (Å²) in [5.41, 5.74) is 2.58. The highest BCUT2D eigenvalue weighted by atomic mass is 35.5. The van der Waals surface area contributed by atoms with Gasteiger partial charge in [0.15, 0.2) is 0 Å². The van der Waals surface area contributed by atoms with Crippen LogP contribution in [0.2, 0.25) is 10.0 Å². The van der Waals surface area contributed by atoms with Crippen molar-refractivity contribution in [2.75, 3.05) is 25.0 Å². The van der Waals surface area contributed by atoms with Gasteiger partial charge < -0.3 is 15.0 Å². The zero-order valence-corrected chi connectivity index (χ0v) is 26.9. The maximum Gasteiger partial charge on any atom is 0.264 e. The molecule has 1 unspecified atom stereocenters. The highest BCUT2D eigenvalue weighted by molar-refractivity contribution is 7.92.